The topological polar surface area (TPSA) is 52.6 Å². The minimum absolute atomic E-state index is 0.505. The summed E-state index contributed by atoms with van der Waals surface area (Å²) in [7, 11) is 2.06. The molecule has 0 spiro atoms. The van der Waals surface area contributed by atoms with Crippen LogP contribution < -0.4 is 5.32 Å². The highest BCUT2D eigenvalue weighted by atomic mass is 16.4. The van der Waals surface area contributed by atoms with E-state index >= 15 is 0 Å². The number of carbonyl (C=O) groups is 1. The monoisotopic (exact) mass is 212 g/mol. The third-order valence-corrected chi connectivity index (χ3v) is 3.70. The van der Waals surface area contributed by atoms with Crippen molar-refractivity contribution in [1.29, 1.82) is 0 Å². The summed E-state index contributed by atoms with van der Waals surface area (Å²) in [6, 6.07) is 0.598. The van der Waals surface area contributed by atoms with Crippen LogP contribution in [0.25, 0.3) is 0 Å². The Morgan fingerprint density at radius 2 is 2.07 bits per heavy atom. The van der Waals surface area contributed by atoms with E-state index in [0.717, 1.165) is 25.9 Å². The van der Waals surface area contributed by atoms with Crippen LogP contribution in [-0.2, 0) is 4.79 Å². The predicted octanol–water partition coefficient (Wildman–Crippen LogP) is 0.535. The van der Waals surface area contributed by atoms with Crippen LogP contribution in [0.15, 0.2) is 0 Å². The molecule has 2 fully saturated rings. The zero-order valence-electron chi connectivity index (χ0n) is 9.33. The molecule has 15 heavy (non-hydrogen) atoms. The van der Waals surface area contributed by atoms with Crippen LogP contribution in [0.5, 0.6) is 0 Å². The fourth-order valence-corrected chi connectivity index (χ4v) is 2.14. The van der Waals surface area contributed by atoms with Gasteiger partial charge in [-0.25, -0.2) is 0 Å². The maximum atomic E-state index is 11.4. The molecule has 2 rings (SSSR count). The molecule has 1 saturated carbocycles. The highest BCUT2D eigenvalue weighted by Crippen LogP contribution is 2.32. The predicted molar refractivity (Wildman–Crippen MR) is 57.8 cm³/mol. The van der Waals surface area contributed by atoms with E-state index in [1.807, 2.05) is 0 Å². The molecule has 1 saturated heterocycles. The van der Waals surface area contributed by atoms with Crippen LogP contribution >= 0.6 is 0 Å². The van der Waals surface area contributed by atoms with Gasteiger partial charge in [-0.3, -0.25) is 4.79 Å². The summed E-state index contributed by atoms with van der Waals surface area (Å²) in [4.78, 5) is 13.6. The first kappa shape index (κ1) is 10.9. The van der Waals surface area contributed by atoms with Crippen molar-refractivity contribution in [1.82, 2.24) is 10.2 Å². The highest BCUT2D eigenvalue weighted by molar-refractivity contribution is 5.75. The van der Waals surface area contributed by atoms with Gasteiger partial charge in [-0.15, -0.1) is 0 Å². The van der Waals surface area contributed by atoms with Crippen molar-refractivity contribution in [2.24, 2.45) is 5.41 Å². The summed E-state index contributed by atoms with van der Waals surface area (Å²) in [5.74, 6) is -0.622. The molecule has 0 amide bonds. The van der Waals surface area contributed by atoms with Gasteiger partial charge in [-0.05, 0) is 45.8 Å². The molecule has 4 nitrogen and oxygen atoms in total. The zero-order valence-corrected chi connectivity index (χ0v) is 9.33. The molecular weight excluding hydrogens is 192 g/mol. The van der Waals surface area contributed by atoms with Crippen molar-refractivity contribution in [3.63, 3.8) is 0 Å². The first-order valence-corrected chi connectivity index (χ1v) is 5.78. The first-order valence-electron chi connectivity index (χ1n) is 5.78. The lowest BCUT2D eigenvalue weighted by Gasteiger charge is -2.37. The molecule has 4 heteroatoms. The quantitative estimate of drug-likeness (QED) is 0.714. The minimum atomic E-state index is -0.622. The number of rotatable bonds is 4. The number of carboxylic acid groups (broad SMARTS) is 1. The van der Waals surface area contributed by atoms with Crippen LogP contribution in [0.2, 0.25) is 0 Å². The van der Waals surface area contributed by atoms with Crippen LogP contribution in [0, 0.1) is 5.41 Å². The minimum Gasteiger partial charge on any atom is -0.481 e. The average molecular weight is 212 g/mol. The van der Waals surface area contributed by atoms with Gasteiger partial charge in [0.2, 0.25) is 0 Å². The number of likely N-dealkylation sites (tertiary alicyclic amines) is 1. The van der Waals surface area contributed by atoms with Crippen LogP contribution in [0.4, 0.5) is 0 Å². The maximum Gasteiger partial charge on any atom is 0.311 e. The van der Waals surface area contributed by atoms with Crippen molar-refractivity contribution < 1.29 is 9.90 Å². The standard InChI is InChI=1S/C11H20N2O2/c1-13-6-4-11(5-7-13,10(14)15)8-12-9-2-3-9/h9,12H,2-8H2,1H3,(H,14,15). The van der Waals surface area contributed by atoms with E-state index in [9.17, 15) is 9.90 Å². The summed E-state index contributed by atoms with van der Waals surface area (Å²) in [5.41, 5.74) is -0.505. The Kier molecular flexibility index (Phi) is 2.98. The van der Waals surface area contributed by atoms with Gasteiger partial charge >= 0.3 is 5.97 Å². The van der Waals surface area contributed by atoms with Gasteiger partial charge in [-0.1, -0.05) is 0 Å². The fraction of sp³-hybridized carbons (Fsp3) is 0.909. The Labute approximate surface area is 90.6 Å². The third kappa shape index (κ3) is 2.49. The Bertz CT molecular complexity index is 243. The molecule has 2 N–H and O–H groups in total. The van der Waals surface area contributed by atoms with Crippen molar-refractivity contribution in [2.45, 2.75) is 31.7 Å². The zero-order chi connectivity index (χ0) is 10.9. The Hall–Kier alpha value is -0.610. The van der Waals surface area contributed by atoms with Gasteiger partial charge in [0.05, 0.1) is 5.41 Å². The molecule has 86 valence electrons. The van der Waals surface area contributed by atoms with Gasteiger partial charge in [0.15, 0.2) is 0 Å². The fourth-order valence-electron chi connectivity index (χ4n) is 2.14. The molecule has 1 aliphatic carbocycles. The van der Waals surface area contributed by atoms with Crippen molar-refractivity contribution in [3.8, 4) is 0 Å². The molecular formula is C11H20N2O2. The van der Waals surface area contributed by atoms with E-state index in [-0.39, 0.29) is 0 Å². The molecule has 0 aromatic carbocycles. The summed E-state index contributed by atoms with van der Waals surface area (Å²) in [5, 5.41) is 12.7. The molecule has 1 aliphatic heterocycles. The smallest absolute Gasteiger partial charge is 0.311 e. The van der Waals surface area contributed by atoms with Gasteiger partial charge in [0.25, 0.3) is 0 Å². The van der Waals surface area contributed by atoms with E-state index in [4.69, 9.17) is 0 Å². The lowest BCUT2D eigenvalue weighted by Crippen LogP contribution is -2.49. The molecule has 0 aromatic heterocycles. The van der Waals surface area contributed by atoms with Gasteiger partial charge in [0, 0.05) is 12.6 Å². The summed E-state index contributed by atoms with van der Waals surface area (Å²) in [6.07, 6.45) is 3.99. The molecule has 0 aromatic rings. The highest BCUT2D eigenvalue weighted by Gasteiger charge is 2.41. The van der Waals surface area contributed by atoms with Crippen molar-refractivity contribution in [3.05, 3.63) is 0 Å². The number of hydrogen-bond acceptors (Lipinski definition) is 3. The number of aliphatic carboxylic acids is 1. The Morgan fingerprint density at radius 3 is 2.53 bits per heavy atom. The maximum absolute atomic E-state index is 11.4. The molecule has 0 atom stereocenters. The second-order valence-corrected chi connectivity index (χ2v) is 5.04. The van der Waals surface area contributed by atoms with Gasteiger partial charge < -0.3 is 15.3 Å². The van der Waals surface area contributed by atoms with Crippen LogP contribution in [0.1, 0.15) is 25.7 Å². The lowest BCUT2D eigenvalue weighted by molar-refractivity contribution is -0.151. The molecule has 0 bridgehead atoms. The van der Waals surface area contributed by atoms with Crippen LogP contribution in [-0.4, -0.2) is 48.7 Å². The number of piperidine rings is 1. The SMILES string of the molecule is CN1CCC(CNC2CC2)(C(=O)O)CC1. The second-order valence-electron chi connectivity index (χ2n) is 5.04. The second kappa shape index (κ2) is 4.10. The summed E-state index contributed by atoms with van der Waals surface area (Å²) >= 11 is 0. The number of hydrogen-bond donors (Lipinski definition) is 2. The van der Waals surface area contributed by atoms with Gasteiger partial charge in [0.1, 0.15) is 0 Å². The summed E-state index contributed by atoms with van der Waals surface area (Å²) in [6.45, 7) is 2.46. The van der Waals surface area contributed by atoms with E-state index in [2.05, 4.69) is 17.3 Å². The largest absolute Gasteiger partial charge is 0.481 e. The summed E-state index contributed by atoms with van der Waals surface area (Å²) < 4.78 is 0. The molecule has 1 heterocycles. The number of nitrogens with one attached hydrogen (secondary N) is 1. The van der Waals surface area contributed by atoms with Crippen LogP contribution in [0.3, 0.4) is 0 Å². The Balaban J connectivity index is 1.93. The van der Waals surface area contributed by atoms with Crippen molar-refractivity contribution in [2.75, 3.05) is 26.7 Å². The number of carboxylic acids is 1. The Morgan fingerprint density at radius 1 is 1.47 bits per heavy atom. The van der Waals surface area contributed by atoms with E-state index < -0.39 is 11.4 Å². The molecule has 0 radical (unpaired) electrons. The molecule has 0 unspecified atom stereocenters. The van der Waals surface area contributed by atoms with Gasteiger partial charge in [-0.2, -0.15) is 0 Å². The molecule has 2 aliphatic rings. The van der Waals surface area contributed by atoms with Crippen molar-refractivity contribution >= 4 is 5.97 Å². The van der Waals surface area contributed by atoms with E-state index in [0.29, 0.717) is 12.6 Å². The first-order chi connectivity index (χ1) is 7.12. The number of nitrogens with zero attached hydrogens (tertiary/aromatic N) is 1. The third-order valence-electron chi connectivity index (χ3n) is 3.70. The lowest BCUT2D eigenvalue weighted by atomic mass is 9.78. The van der Waals surface area contributed by atoms with E-state index in [1.54, 1.807) is 0 Å². The normalized spacial score (nSPS) is 26.5. The average Bonchev–Trinajstić information content (AvgIpc) is 3.01. The van der Waals surface area contributed by atoms with E-state index in [1.165, 1.54) is 12.8 Å².